The van der Waals surface area contributed by atoms with Crippen LogP contribution in [0.2, 0.25) is 0 Å². The van der Waals surface area contributed by atoms with Gasteiger partial charge in [-0.1, -0.05) is 66.7 Å². The number of benzene rings is 3. The first kappa shape index (κ1) is 22.3. The molecule has 5 heteroatoms. The van der Waals surface area contributed by atoms with Gasteiger partial charge in [0, 0.05) is 19.8 Å². The first-order chi connectivity index (χ1) is 15.7. The summed E-state index contributed by atoms with van der Waals surface area (Å²) in [6, 6.07) is 27.2. The molecule has 0 aromatic heterocycles. The van der Waals surface area contributed by atoms with E-state index in [0.29, 0.717) is 6.61 Å². The standard InChI is InChI=1S/C27H30BNO3/c1-29(2)17-20-30-26-15-11-24(12-16-26)27(21-22-7-4-3-5-8-22)23-9-13-25(14-10-23)28-31-18-6-19-32-28/h3-5,7-16,21H,6,17-20H2,1-2H3. The lowest BCUT2D eigenvalue weighted by Gasteiger charge is -2.20. The van der Waals surface area contributed by atoms with Crippen LogP contribution in [-0.4, -0.2) is 52.5 Å². The Hall–Kier alpha value is -2.86. The van der Waals surface area contributed by atoms with Gasteiger partial charge in [-0.05, 0) is 66.5 Å². The van der Waals surface area contributed by atoms with Crippen molar-refractivity contribution in [3.05, 3.63) is 95.6 Å². The fourth-order valence-corrected chi connectivity index (χ4v) is 3.63. The average molecular weight is 427 g/mol. The maximum absolute atomic E-state index is 5.87. The summed E-state index contributed by atoms with van der Waals surface area (Å²) in [6.45, 7) is 3.05. The highest BCUT2D eigenvalue weighted by Gasteiger charge is 2.24. The van der Waals surface area contributed by atoms with E-state index in [1.54, 1.807) is 0 Å². The normalized spacial score (nSPS) is 14.6. The Labute approximate surface area is 191 Å². The number of ether oxygens (including phenoxy) is 1. The average Bonchev–Trinajstić information content (AvgIpc) is 2.84. The van der Waals surface area contributed by atoms with Crippen molar-refractivity contribution in [3.8, 4) is 5.75 Å². The molecule has 0 atom stereocenters. The second-order valence-electron chi connectivity index (χ2n) is 8.19. The van der Waals surface area contributed by atoms with Crippen LogP contribution in [0.3, 0.4) is 0 Å². The summed E-state index contributed by atoms with van der Waals surface area (Å²) in [7, 11) is 3.83. The number of rotatable bonds is 8. The van der Waals surface area contributed by atoms with Crippen LogP contribution in [0.4, 0.5) is 0 Å². The number of likely N-dealkylation sites (N-methyl/N-ethyl adjacent to an activating group) is 1. The Morgan fingerprint density at radius 3 is 2.12 bits per heavy atom. The molecule has 1 fully saturated rings. The number of hydrogen-bond acceptors (Lipinski definition) is 4. The second kappa shape index (κ2) is 11.1. The highest BCUT2D eigenvalue weighted by Crippen LogP contribution is 2.27. The van der Waals surface area contributed by atoms with E-state index in [2.05, 4.69) is 71.6 Å². The van der Waals surface area contributed by atoms with Gasteiger partial charge < -0.3 is 18.9 Å². The predicted molar refractivity (Wildman–Crippen MR) is 132 cm³/mol. The zero-order valence-corrected chi connectivity index (χ0v) is 18.9. The fourth-order valence-electron chi connectivity index (χ4n) is 3.63. The van der Waals surface area contributed by atoms with Crippen molar-refractivity contribution in [1.29, 1.82) is 0 Å². The molecule has 0 saturated carbocycles. The van der Waals surface area contributed by atoms with E-state index in [9.17, 15) is 0 Å². The van der Waals surface area contributed by atoms with Gasteiger partial charge in [0.25, 0.3) is 0 Å². The van der Waals surface area contributed by atoms with Crippen molar-refractivity contribution in [2.24, 2.45) is 0 Å². The summed E-state index contributed by atoms with van der Waals surface area (Å²) >= 11 is 0. The summed E-state index contributed by atoms with van der Waals surface area (Å²) in [4.78, 5) is 2.11. The van der Waals surface area contributed by atoms with Gasteiger partial charge in [0.1, 0.15) is 12.4 Å². The predicted octanol–water partition coefficient (Wildman–Crippen LogP) is 4.35. The topological polar surface area (TPSA) is 30.9 Å². The fraction of sp³-hybridized carbons (Fsp3) is 0.259. The second-order valence-corrected chi connectivity index (χ2v) is 8.19. The van der Waals surface area contributed by atoms with Crippen LogP contribution in [-0.2, 0) is 9.31 Å². The zero-order chi connectivity index (χ0) is 22.2. The molecule has 3 aromatic carbocycles. The van der Waals surface area contributed by atoms with Crippen molar-refractivity contribution in [2.45, 2.75) is 6.42 Å². The summed E-state index contributed by atoms with van der Waals surface area (Å²) in [5, 5.41) is 0. The van der Waals surface area contributed by atoms with E-state index in [4.69, 9.17) is 14.0 Å². The minimum absolute atomic E-state index is 0.266. The van der Waals surface area contributed by atoms with Crippen molar-refractivity contribution in [3.63, 3.8) is 0 Å². The van der Waals surface area contributed by atoms with E-state index < -0.39 is 0 Å². The quantitative estimate of drug-likeness (QED) is 0.395. The molecule has 4 rings (SSSR count). The van der Waals surface area contributed by atoms with E-state index in [1.165, 1.54) is 0 Å². The molecule has 4 nitrogen and oxygen atoms in total. The summed E-state index contributed by atoms with van der Waals surface area (Å²) in [5.41, 5.74) is 5.67. The third-order valence-electron chi connectivity index (χ3n) is 5.40. The Morgan fingerprint density at radius 2 is 1.50 bits per heavy atom. The molecule has 32 heavy (non-hydrogen) atoms. The molecule has 0 spiro atoms. The maximum atomic E-state index is 5.87. The zero-order valence-electron chi connectivity index (χ0n) is 18.9. The number of hydrogen-bond donors (Lipinski definition) is 0. The van der Waals surface area contributed by atoms with Crippen molar-refractivity contribution < 1.29 is 14.0 Å². The van der Waals surface area contributed by atoms with Crippen LogP contribution < -0.4 is 10.2 Å². The highest BCUT2D eigenvalue weighted by atomic mass is 16.6. The molecule has 0 amide bonds. The minimum atomic E-state index is -0.266. The lowest BCUT2D eigenvalue weighted by atomic mass is 9.77. The van der Waals surface area contributed by atoms with Gasteiger partial charge in [0.2, 0.25) is 0 Å². The Morgan fingerprint density at radius 1 is 0.875 bits per heavy atom. The highest BCUT2D eigenvalue weighted by molar-refractivity contribution is 6.61. The van der Waals surface area contributed by atoms with Crippen molar-refractivity contribution >= 4 is 24.2 Å². The van der Waals surface area contributed by atoms with Crippen LogP contribution in [0, 0.1) is 0 Å². The molecule has 164 valence electrons. The van der Waals surface area contributed by atoms with Gasteiger partial charge in [-0.15, -0.1) is 0 Å². The minimum Gasteiger partial charge on any atom is -0.492 e. The molecular weight excluding hydrogens is 397 g/mol. The van der Waals surface area contributed by atoms with Crippen molar-refractivity contribution in [2.75, 3.05) is 40.5 Å². The van der Waals surface area contributed by atoms with Crippen LogP contribution >= 0.6 is 0 Å². The van der Waals surface area contributed by atoms with Crippen molar-refractivity contribution in [1.82, 2.24) is 4.90 Å². The summed E-state index contributed by atoms with van der Waals surface area (Å²) in [6.07, 6.45) is 3.18. The van der Waals surface area contributed by atoms with E-state index in [0.717, 1.165) is 59.7 Å². The van der Waals surface area contributed by atoms with Gasteiger partial charge >= 0.3 is 7.12 Å². The molecule has 1 heterocycles. The monoisotopic (exact) mass is 427 g/mol. The molecule has 1 aliphatic heterocycles. The first-order valence-electron chi connectivity index (χ1n) is 11.2. The largest absolute Gasteiger partial charge is 0.493 e. The molecule has 0 N–H and O–H groups in total. The molecule has 1 saturated heterocycles. The molecular formula is C27H30BNO3. The van der Waals surface area contributed by atoms with E-state index in [-0.39, 0.29) is 7.12 Å². The van der Waals surface area contributed by atoms with E-state index in [1.807, 2.05) is 32.3 Å². The lowest BCUT2D eigenvalue weighted by molar-refractivity contribution is 0.143. The van der Waals surface area contributed by atoms with E-state index >= 15 is 0 Å². The molecule has 0 aliphatic carbocycles. The van der Waals surface area contributed by atoms with Gasteiger partial charge in [0.05, 0.1) is 0 Å². The van der Waals surface area contributed by atoms with Gasteiger partial charge in [-0.3, -0.25) is 0 Å². The molecule has 0 radical (unpaired) electrons. The molecule has 3 aromatic rings. The Bertz CT molecular complexity index is 995. The van der Waals surface area contributed by atoms with Gasteiger partial charge in [-0.2, -0.15) is 0 Å². The molecule has 0 unspecified atom stereocenters. The lowest BCUT2D eigenvalue weighted by Crippen LogP contribution is -2.40. The summed E-state index contributed by atoms with van der Waals surface area (Å²) < 4.78 is 17.4. The van der Waals surface area contributed by atoms with Crippen LogP contribution in [0.1, 0.15) is 23.1 Å². The van der Waals surface area contributed by atoms with Crippen LogP contribution in [0.25, 0.3) is 11.6 Å². The van der Waals surface area contributed by atoms with Gasteiger partial charge in [-0.25, -0.2) is 0 Å². The Balaban J connectivity index is 1.59. The van der Waals surface area contributed by atoms with Gasteiger partial charge in [0.15, 0.2) is 0 Å². The number of nitrogens with zero attached hydrogens (tertiary/aromatic N) is 1. The van der Waals surface area contributed by atoms with Crippen LogP contribution in [0.5, 0.6) is 5.75 Å². The summed E-state index contributed by atoms with van der Waals surface area (Å²) in [5.74, 6) is 0.886. The van der Waals surface area contributed by atoms with Crippen LogP contribution in [0.15, 0.2) is 78.9 Å². The third-order valence-corrected chi connectivity index (χ3v) is 5.40. The first-order valence-corrected chi connectivity index (χ1v) is 11.2. The molecule has 1 aliphatic rings. The molecule has 0 bridgehead atoms. The maximum Gasteiger partial charge on any atom is 0.493 e. The Kier molecular flexibility index (Phi) is 7.78. The smallest absolute Gasteiger partial charge is 0.492 e. The SMILES string of the molecule is CN(C)CCOc1ccc(C(=Cc2ccccc2)c2ccc(B3OCCCO3)cc2)cc1. The third kappa shape index (κ3) is 6.10.